The molecule has 4 heteroatoms. The molecule has 0 bridgehead atoms. The second kappa shape index (κ2) is 6.91. The summed E-state index contributed by atoms with van der Waals surface area (Å²) in [4.78, 5) is 12.0. The van der Waals surface area contributed by atoms with Crippen LogP contribution in [0.5, 0.6) is 0 Å². The number of nitriles is 1. The lowest BCUT2D eigenvalue weighted by molar-refractivity contribution is -0.124. The summed E-state index contributed by atoms with van der Waals surface area (Å²) in [6.45, 7) is 4.15. The Morgan fingerprint density at radius 2 is 2.05 bits per heavy atom. The fraction of sp³-hybridized carbons (Fsp3) is 0.467. The van der Waals surface area contributed by atoms with Crippen LogP contribution in [0.25, 0.3) is 0 Å². The lowest BCUT2D eigenvalue weighted by atomic mass is 9.99. The first-order valence-electron chi connectivity index (χ1n) is 6.25. The predicted octanol–water partition coefficient (Wildman–Crippen LogP) is 1.91. The highest BCUT2D eigenvalue weighted by Gasteiger charge is 2.22. The molecule has 19 heavy (non-hydrogen) atoms. The van der Waals surface area contributed by atoms with Crippen LogP contribution < -0.4 is 5.32 Å². The van der Waals surface area contributed by atoms with Crippen LogP contribution in [0.1, 0.15) is 19.4 Å². The zero-order valence-electron chi connectivity index (χ0n) is 11.6. The fourth-order valence-corrected chi connectivity index (χ4v) is 1.54. The maximum absolute atomic E-state index is 12.0. The van der Waals surface area contributed by atoms with Crippen LogP contribution in [0, 0.1) is 17.2 Å². The van der Waals surface area contributed by atoms with Gasteiger partial charge in [0.05, 0.1) is 11.7 Å². The minimum Gasteiger partial charge on any atom is -0.377 e. The first-order valence-corrected chi connectivity index (χ1v) is 6.25. The van der Waals surface area contributed by atoms with Crippen molar-refractivity contribution in [3.8, 4) is 6.07 Å². The van der Waals surface area contributed by atoms with Crippen molar-refractivity contribution in [2.24, 2.45) is 5.92 Å². The van der Waals surface area contributed by atoms with Gasteiger partial charge in [0.2, 0.25) is 5.91 Å². The van der Waals surface area contributed by atoms with Crippen LogP contribution in [0.15, 0.2) is 30.3 Å². The Morgan fingerprint density at radius 1 is 1.42 bits per heavy atom. The molecule has 1 N–H and O–H groups in total. The summed E-state index contributed by atoms with van der Waals surface area (Å²) < 4.78 is 5.22. The summed E-state index contributed by atoms with van der Waals surface area (Å²) in [5.41, 5.74) is 0.554. The summed E-state index contributed by atoms with van der Waals surface area (Å²) in [6, 6.07) is 11.6. The Bertz CT molecular complexity index is 449. The Kier molecular flexibility index (Phi) is 5.53. The molecular formula is C15H20N2O2. The average molecular weight is 260 g/mol. The topological polar surface area (TPSA) is 62.1 Å². The SMILES string of the molecule is COC(C)(C)CNC(=O)C(C#N)Cc1ccccc1. The third-order valence-electron chi connectivity index (χ3n) is 3.00. The van der Waals surface area contributed by atoms with Gasteiger partial charge in [0, 0.05) is 13.7 Å². The second-order valence-corrected chi connectivity index (χ2v) is 5.05. The molecule has 0 radical (unpaired) electrons. The van der Waals surface area contributed by atoms with Gasteiger partial charge in [-0.15, -0.1) is 0 Å². The molecule has 0 aromatic heterocycles. The van der Waals surface area contributed by atoms with Crippen LogP contribution >= 0.6 is 0 Å². The summed E-state index contributed by atoms with van der Waals surface area (Å²) in [5.74, 6) is -0.925. The fourth-order valence-electron chi connectivity index (χ4n) is 1.54. The molecule has 102 valence electrons. The van der Waals surface area contributed by atoms with E-state index in [2.05, 4.69) is 11.4 Å². The Hall–Kier alpha value is -1.86. The summed E-state index contributed by atoms with van der Waals surface area (Å²) in [5, 5.41) is 11.9. The number of hydrogen-bond donors (Lipinski definition) is 1. The van der Waals surface area contributed by atoms with Gasteiger partial charge >= 0.3 is 0 Å². The molecule has 0 fully saturated rings. The maximum Gasteiger partial charge on any atom is 0.237 e. The van der Waals surface area contributed by atoms with Crippen molar-refractivity contribution >= 4 is 5.91 Å². The number of carbonyl (C=O) groups excluding carboxylic acids is 1. The zero-order chi connectivity index (χ0) is 14.3. The van der Waals surface area contributed by atoms with E-state index in [9.17, 15) is 4.79 Å². The number of nitrogens with zero attached hydrogens (tertiary/aromatic N) is 1. The zero-order valence-corrected chi connectivity index (χ0v) is 11.6. The van der Waals surface area contributed by atoms with E-state index in [1.807, 2.05) is 44.2 Å². The molecule has 0 aliphatic rings. The molecule has 0 saturated heterocycles. The molecular weight excluding hydrogens is 240 g/mol. The highest BCUT2D eigenvalue weighted by Crippen LogP contribution is 2.10. The average Bonchev–Trinajstić information content (AvgIpc) is 2.43. The number of rotatable bonds is 6. The van der Waals surface area contributed by atoms with E-state index in [4.69, 9.17) is 10.00 Å². The molecule has 0 aliphatic heterocycles. The molecule has 1 amide bonds. The minimum absolute atomic E-state index is 0.253. The molecule has 1 rings (SSSR count). The molecule has 4 nitrogen and oxygen atoms in total. The summed E-state index contributed by atoms with van der Waals surface area (Å²) >= 11 is 0. The highest BCUT2D eigenvalue weighted by molar-refractivity contribution is 5.81. The maximum atomic E-state index is 12.0. The standard InChI is InChI=1S/C15H20N2O2/c1-15(2,19-3)11-17-14(18)13(10-16)9-12-7-5-4-6-8-12/h4-8,13H,9,11H2,1-3H3,(H,17,18). The highest BCUT2D eigenvalue weighted by atomic mass is 16.5. The lowest BCUT2D eigenvalue weighted by Crippen LogP contribution is -2.42. The van der Waals surface area contributed by atoms with Gasteiger partial charge in [-0.1, -0.05) is 30.3 Å². The number of amides is 1. The van der Waals surface area contributed by atoms with Crippen molar-refractivity contribution in [3.63, 3.8) is 0 Å². The van der Waals surface area contributed by atoms with Gasteiger partial charge in [-0.2, -0.15) is 5.26 Å². The predicted molar refractivity (Wildman–Crippen MR) is 73.3 cm³/mol. The Morgan fingerprint density at radius 3 is 2.58 bits per heavy atom. The minimum atomic E-state index is -0.671. The van der Waals surface area contributed by atoms with Crippen molar-refractivity contribution in [2.45, 2.75) is 25.9 Å². The van der Waals surface area contributed by atoms with Crippen molar-refractivity contribution in [2.75, 3.05) is 13.7 Å². The van der Waals surface area contributed by atoms with E-state index in [0.29, 0.717) is 13.0 Å². The van der Waals surface area contributed by atoms with E-state index < -0.39 is 11.5 Å². The van der Waals surface area contributed by atoms with Gasteiger partial charge < -0.3 is 10.1 Å². The van der Waals surface area contributed by atoms with Gasteiger partial charge in [0.1, 0.15) is 5.92 Å². The second-order valence-electron chi connectivity index (χ2n) is 5.05. The largest absolute Gasteiger partial charge is 0.377 e. The third kappa shape index (κ3) is 5.11. The third-order valence-corrected chi connectivity index (χ3v) is 3.00. The first kappa shape index (κ1) is 15.2. The Labute approximate surface area is 114 Å². The summed E-state index contributed by atoms with van der Waals surface area (Å²) in [6.07, 6.45) is 0.427. The molecule has 0 aliphatic carbocycles. The molecule has 0 spiro atoms. The number of benzene rings is 1. The number of hydrogen-bond acceptors (Lipinski definition) is 3. The van der Waals surface area contributed by atoms with Crippen LogP contribution in [-0.4, -0.2) is 25.2 Å². The number of carbonyl (C=O) groups is 1. The van der Waals surface area contributed by atoms with Crippen molar-refractivity contribution in [1.29, 1.82) is 5.26 Å². The van der Waals surface area contributed by atoms with Crippen LogP contribution in [-0.2, 0) is 16.0 Å². The summed E-state index contributed by atoms with van der Waals surface area (Å²) in [7, 11) is 1.60. The van der Waals surface area contributed by atoms with Gasteiger partial charge in [0.25, 0.3) is 0 Å². The van der Waals surface area contributed by atoms with Gasteiger partial charge in [-0.3, -0.25) is 4.79 Å². The van der Waals surface area contributed by atoms with Gasteiger partial charge in [-0.25, -0.2) is 0 Å². The van der Waals surface area contributed by atoms with Crippen molar-refractivity contribution in [3.05, 3.63) is 35.9 Å². The van der Waals surface area contributed by atoms with Gasteiger partial charge in [-0.05, 0) is 25.8 Å². The number of methoxy groups -OCH3 is 1. The van der Waals surface area contributed by atoms with E-state index >= 15 is 0 Å². The van der Waals surface area contributed by atoms with E-state index in [-0.39, 0.29) is 5.91 Å². The van der Waals surface area contributed by atoms with Crippen LogP contribution in [0.4, 0.5) is 0 Å². The van der Waals surface area contributed by atoms with E-state index in [1.54, 1.807) is 7.11 Å². The molecule has 0 saturated carbocycles. The van der Waals surface area contributed by atoms with Crippen LogP contribution in [0.3, 0.4) is 0 Å². The quantitative estimate of drug-likeness (QED) is 0.850. The lowest BCUT2D eigenvalue weighted by Gasteiger charge is -2.23. The van der Waals surface area contributed by atoms with Crippen LogP contribution in [0.2, 0.25) is 0 Å². The molecule has 1 atom stereocenters. The molecule has 1 aromatic rings. The number of nitrogens with one attached hydrogen (secondary N) is 1. The van der Waals surface area contributed by atoms with Gasteiger partial charge in [0.15, 0.2) is 0 Å². The molecule has 1 unspecified atom stereocenters. The first-order chi connectivity index (χ1) is 8.98. The Balaban J connectivity index is 2.56. The monoisotopic (exact) mass is 260 g/mol. The molecule has 1 aromatic carbocycles. The number of ether oxygens (including phenoxy) is 1. The molecule has 0 heterocycles. The van der Waals surface area contributed by atoms with Crippen molar-refractivity contribution < 1.29 is 9.53 Å². The van der Waals surface area contributed by atoms with E-state index in [0.717, 1.165) is 5.56 Å². The normalized spacial score (nSPS) is 12.5. The smallest absolute Gasteiger partial charge is 0.237 e. The van der Waals surface area contributed by atoms with Crippen molar-refractivity contribution in [1.82, 2.24) is 5.32 Å². The van der Waals surface area contributed by atoms with E-state index in [1.165, 1.54) is 0 Å².